The molecule has 0 N–H and O–H groups in total. The lowest BCUT2D eigenvalue weighted by Gasteiger charge is -2.57. The van der Waals surface area contributed by atoms with Crippen molar-refractivity contribution >= 4 is 27.8 Å². The Morgan fingerprint density at radius 2 is 1.21 bits per heavy atom. The quantitative estimate of drug-likeness (QED) is 0.170. The van der Waals surface area contributed by atoms with E-state index in [1.165, 1.54) is 111 Å². The number of anilines is 3. The summed E-state index contributed by atoms with van der Waals surface area (Å²) in [5.74, 6) is 3.22. The molecule has 4 bridgehead atoms. The van der Waals surface area contributed by atoms with Crippen molar-refractivity contribution in [3.8, 4) is 22.3 Å². The van der Waals surface area contributed by atoms with Crippen molar-refractivity contribution in [1.29, 1.82) is 0 Å². The Labute approximate surface area is 310 Å². The summed E-state index contributed by atoms with van der Waals surface area (Å²) in [4.78, 5) is 2.58. The van der Waals surface area contributed by atoms with Gasteiger partial charge in [0.1, 0.15) is 0 Å². The van der Waals surface area contributed by atoms with Crippen molar-refractivity contribution in [3.05, 3.63) is 149 Å². The van der Waals surface area contributed by atoms with E-state index in [9.17, 15) is 0 Å². The monoisotopic (exact) mass is 677 g/mol. The van der Waals surface area contributed by atoms with E-state index in [1.54, 1.807) is 5.56 Å². The van der Waals surface area contributed by atoms with Gasteiger partial charge >= 0.3 is 0 Å². The van der Waals surface area contributed by atoms with Crippen LogP contribution in [-0.2, 0) is 10.8 Å². The van der Waals surface area contributed by atoms with Crippen LogP contribution in [0.2, 0.25) is 0 Å². The van der Waals surface area contributed by atoms with Crippen LogP contribution in [0.25, 0.3) is 33.0 Å². The molecule has 0 amide bonds. The maximum Gasteiger partial charge on any atom is 0.0546 e. The zero-order chi connectivity index (χ0) is 35.4. The first kappa shape index (κ1) is 32.1. The van der Waals surface area contributed by atoms with Gasteiger partial charge in [0.05, 0.1) is 5.69 Å². The Balaban J connectivity index is 1.19. The van der Waals surface area contributed by atoms with E-state index in [4.69, 9.17) is 0 Å². The van der Waals surface area contributed by atoms with Crippen LogP contribution in [0.1, 0.15) is 100.0 Å². The van der Waals surface area contributed by atoms with Gasteiger partial charge in [0, 0.05) is 22.4 Å². The molecule has 4 saturated carbocycles. The number of benzene rings is 6. The summed E-state index contributed by atoms with van der Waals surface area (Å²) in [7, 11) is 0. The largest absolute Gasteiger partial charge is 0.310 e. The van der Waals surface area contributed by atoms with Gasteiger partial charge in [-0.15, -0.1) is 0 Å². The zero-order valence-corrected chi connectivity index (χ0v) is 31.5. The number of hydrogen-bond donors (Lipinski definition) is 0. The summed E-state index contributed by atoms with van der Waals surface area (Å²) in [5.41, 5.74) is 16.5. The van der Waals surface area contributed by atoms with E-state index < -0.39 is 0 Å². The lowest BCUT2D eigenvalue weighted by Crippen LogP contribution is -2.48. The lowest BCUT2D eigenvalue weighted by atomic mass is 9.48. The van der Waals surface area contributed by atoms with Crippen LogP contribution in [0.5, 0.6) is 0 Å². The average Bonchev–Trinajstić information content (AvgIpc) is 3.37. The first-order valence-electron chi connectivity index (χ1n) is 20.0. The van der Waals surface area contributed by atoms with Crippen LogP contribution in [0.3, 0.4) is 0 Å². The number of rotatable bonds is 6. The van der Waals surface area contributed by atoms with Crippen LogP contribution >= 0.6 is 0 Å². The molecule has 0 atom stereocenters. The van der Waals surface area contributed by atoms with Crippen molar-refractivity contribution in [2.45, 2.75) is 89.9 Å². The molecule has 1 heteroatoms. The van der Waals surface area contributed by atoms with E-state index >= 15 is 0 Å². The smallest absolute Gasteiger partial charge is 0.0546 e. The normalized spacial score (nSPS) is 23.6. The minimum Gasteiger partial charge on any atom is -0.310 e. The predicted octanol–water partition coefficient (Wildman–Crippen LogP) is 14.2. The Morgan fingerprint density at radius 1 is 0.577 bits per heavy atom. The van der Waals surface area contributed by atoms with Crippen LogP contribution in [0, 0.1) is 24.7 Å². The number of aryl methyl sites for hydroxylation is 1. The molecule has 0 aliphatic heterocycles. The highest BCUT2D eigenvalue weighted by Gasteiger charge is 2.51. The fraction of sp³-hybridized carbons (Fsp3) is 0.333. The minimum absolute atomic E-state index is 0.0861. The van der Waals surface area contributed by atoms with Crippen molar-refractivity contribution in [3.63, 3.8) is 0 Å². The molecule has 4 fully saturated rings. The second-order valence-corrected chi connectivity index (χ2v) is 17.9. The zero-order valence-electron chi connectivity index (χ0n) is 31.5. The summed E-state index contributed by atoms with van der Waals surface area (Å²) < 4.78 is 0. The molecular weight excluding hydrogens is 627 g/mol. The molecule has 0 unspecified atom stereocenters. The summed E-state index contributed by atoms with van der Waals surface area (Å²) >= 11 is 0. The standard InChI is InChI=1S/C51H51N/c1-32(2)42-14-8-9-15-43(42)45-26-37-12-6-7-13-38(37)27-48(45)52(41-21-22-44-47(28-41)50(4,5)46-16-10-11-33(3)49(44)46)40-19-17-39(18-20-40)51-29-34-23-35(30-51)25-36(24-34)31-51/h6-22,26-28,32,34-36H,23-25,29-31H2,1-5H3. The molecule has 0 spiro atoms. The summed E-state index contributed by atoms with van der Waals surface area (Å²) in [6, 6.07) is 46.9. The maximum absolute atomic E-state index is 2.58. The van der Waals surface area contributed by atoms with Gasteiger partial charge in [-0.2, -0.15) is 0 Å². The number of hydrogen-bond acceptors (Lipinski definition) is 1. The Morgan fingerprint density at radius 3 is 1.90 bits per heavy atom. The highest BCUT2D eigenvalue weighted by Crippen LogP contribution is 2.61. The molecule has 0 saturated heterocycles. The SMILES string of the molecule is Cc1cccc2c1-c1ccc(N(c3ccc(C45CC6CC(CC(C6)C4)C5)cc3)c3cc4ccccc4cc3-c3ccccc3C(C)C)cc1C2(C)C. The summed E-state index contributed by atoms with van der Waals surface area (Å²) in [5, 5.41) is 2.54. The van der Waals surface area contributed by atoms with Gasteiger partial charge < -0.3 is 4.90 Å². The number of nitrogens with zero attached hydrogens (tertiary/aromatic N) is 1. The van der Waals surface area contributed by atoms with E-state index in [1.807, 2.05) is 0 Å². The first-order valence-corrected chi connectivity index (χ1v) is 20.0. The summed E-state index contributed by atoms with van der Waals surface area (Å²) in [6.45, 7) is 11.7. The second kappa shape index (κ2) is 11.7. The van der Waals surface area contributed by atoms with Gasteiger partial charge in [-0.1, -0.05) is 113 Å². The van der Waals surface area contributed by atoms with Gasteiger partial charge in [0.25, 0.3) is 0 Å². The van der Waals surface area contributed by atoms with Crippen molar-refractivity contribution in [2.75, 3.05) is 4.90 Å². The molecule has 1 nitrogen and oxygen atoms in total. The molecule has 6 aromatic rings. The van der Waals surface area contributed by atoms with Gasteiger partial charge in [0.2, 0.25) is 0 Å². The fourth-order valence-electron chi connectivity index (χ4n) is 11.8. The second-order valence-electron chi connectivity index (χ2n) is 17.9. The minimum atomic E-state index is -0.0861. The van der Waals surface area contributed by atoms with Gasteiger partial charge in [-0.25, -0.2) is 0 Å². The van der Waals surface area contributed by atoms with Crippen molar-refractivity contribution < 1.29 is 0 Å². The highest BCUT2D eigenvalue weighted by molar-refractivity contribution is 5.99. The van der Waals surface area contributed by atoms with Crippen LogP contribution < -0.4 is 4.90 Å². The van der Waals surface area contributed by atoms with E-state index in [0.29, 0.717) is 11.3 Å². The van der Waals surface area contributed by atoms with Gasteiger partial charge in [-0.05, 0) is 166 Å². The van der Waals surface area contributed by atoms with E-state index in [-0.39, 0.29) is 5.41 Å². The third kappa shape index (κ3) is 4.88. The topological polar surface area (TPSA) is 3.24 Å². The van der Waals surface area contributed by atoms with Gasteiger partial charge in [0.15, 0.2) is 0 Å². The van der Waals surface area contributed by atoms with Gasteiger partial charge in [-0.3, -0.25) is 0 Å². The predicted molar refractivity (Wildman–Crippen MR) is 220 cm³/mol. The summed E-state index contributed by atoms with van der Waals surface area (Å²) in [6.07, 6.45) is 8.61. The molecule has 5 aliphatic carbocycles. The molecule has 260 valence electrons. The maximum atomic E-state index is 2.58. The Bertz CT molecular complexity index is 2320. The molecule has 11 rings (SSSR count). The third-order valence-electron chi connectivity index (χ3n) is 13.9. The van der Waals surface area contributed by atoms with E-state index in [2.05, 4.69) is 161 Å². The van der Waals surface area contributed by atoms with Crippen molar-refractivity contribution in [2.24, 2.45) is 17.8 Å². The lowest BCUT2D eigenvalue weighted by molar-refractivity contribution is -0.00518. The molecule has 0 heterocycles. The van der Waals surface area contributed by atoms with Crippen LogP contribution in [0.4, 0.5) is 17.1 Å². The fourth-order valence-corrected chi connectivity index (χ4v) is 11.8. The molecule has 6 aromatic carbocycles. The third-order valence-corrected chi connectivity index (χ3v) is 13.9. The Hall–Kier alpha value is -4.62. The highest BCUT2D eigenvalue weighted by atomic mass is 15.1. The number of fused-ring (bicyclic) bond motifs is 4. The molecular formula is C51H51N. The van der Waals surface area contributed by atoms with Crippen LogP contribution in [0.15, 0.2) is 121 Å². The average molecular weight is 678 g/mol. The molecule has 0 aromatic heterocycles. The molecule has 0 radical (unpaired) electrons. The Kier molecular flexibility index (Phi) is 7.21. The molecule has 52 heavy (non-hydrogen) atoms. The van der Waals surface area contributed by atoms with Crippen LogP contribution in [-0.4, -0.2) is 0 Å². The van der Waals surface area contributed by atoms with E-state index in [0.717, 1.165) is 17.8 Å². The molecule has 5 aliphatic rings. The first-order chi connectivity index (χ1) is 25.2. The van der Waals surface area contributed by atoms with Crippen molar-refractivity contribution in [1.82, 2.24) is 0 Å².